The van der Waals surface area contributed by atoms with E-state index in [-0.39, 0.29) is 0 Å². The molecule has 0 spiro atoms. The molecule has 2 nitrogen and oxygen atoms in total. The van der Waals surface area contributed by atoms with E-state index in [1.807, 2.05) is 32.9 Å². The van der Waals surface area contributed by atoms with Gasteiger partial charge in [-0.3, -0.25) is 5.32 Å². The molecule has 0 aromatic carbocycles. The fourth-order valence-corrected chi connectivity index (χ4v) is 1.08. The fourth-order valence-electron chi connectivity index (χ4n) is 1.08. The molecule has 13 heavy (non-hydrogen) atoms. The summed E-state index contributed by atoms with van der Waals surface area (Å²) in [5.74, 6) is 0. The molecule has 0 radical (unpaired) electrons. The van der Waals surface area contributed by atoms with E-state index < -0.39 is 0 Å². The number of nitrogens with one attached hydrogen (secondary N) is 2. The average Bonchev–Trinajstić information content (AvgIpc) is 2.22. The molecule has 0 unspecified atom stereocenters. The summed E-state index contributed by atoms with van der Waals surface area (Å²) < 4.78 is 0. The summed E-state index contributed by atoms with van der Waals surface area (Å²) in [7, 11) is 0. The monoisotopic (exact) mass is 180 g/mol. The summed E-state index contributed by atoms with van der Waals surface area (Å²) in [5.41, 5.74) is 2.41. The Labute approximate surface area is 81.4 Å². The van der Waals surface area contributed by atoms with Crippen LogP contribution in [-0.2, 0) is 0 Å². The quantitative estimate of drug-likeness (QED) is 0.680. The van der Waals surface area contributed by atoms with Crippen molar-refractivity contribution < 1.29 is 0 Å². The lowest BCUT2D eigenvalue weighted by atomic mass is 10.1. The van der Waals surface area contributed by atoms with Gasteiger partial charge < -0.3 is 5.32 Å². The van der Waals surface area contributed by atoms with Crippen LogP contribution in [-0.4, -0.2) is 13.2 Å². The highest BCUT2D eigenvalue weighted by Crippen LogP contribution is 2.05. The summed E-state index contributed by atoms with van der Waals surface area (Å²) in [6, 6.07) is 0. The predicted molar refractivity (Wildman–Crippen MR) is 59.4 cm³/mol. The largest absolute Gasteiger partial charge is 0.372 e. The minimum Gasteiger partial charge on any atom is -0.372 e. The van der Waals surface area contributed by atoms with Gasteiger partial charge in [0.1, 0.15) is 0 Å². The summed E-state index contributed by atoms with van der Waals surface area (Å²) in [5, 5.41) is 6.43. The fraction of sp³-hybridized carbons (Fsp3) is 0.455. The molecule has 0 aromatic heterocycles. The minimum atomic E-state index is 0.844. The third-order valence-electron chi connectivity index (χ3n) is 1.64. The van der Waals surface area contributed by atoms with Crippen molar-refractivity contribution in [3.63, 3.8) is 0 Å². The Balaban J connectivity index is 0.000000671. The molecule has 0 saturated carbocycles. The maximum Gasteiger partial charge on any atom is 0.0655 e. The molecule has 0 fully saturated rings. The lowest BCUT2D eigenvalue weighted by molar-refractivity contribution is 0.635. The number of allylic oxidation sites excluding steroid dienone is 2. The van der Waals surface area contributed by atoms with Crippen LogP contribution >= 0.6 is 0 Å². The zero-order valence-corrected chi connectivity index (χ0v) is 8.85. The van der Waals surface area contributed by atoms with E-state index in [9.17, 15) is 0 Å². The Morgan fingerprint density at radius 3 is 2.62 bits per heavy atom. The van der Waals surface area contributed by atoms with Gasteiger partial charge in [-0.1, -0.05) is 32.6 Å². The van der Waals surface area contributed by atoms with Gasteiger partial charge in [-0.05, 0) is 18.6 Å². The van der Waals surface area contributed by atoms with E-state index >= 15 is 0 Å². The van der Waals surface area contributed by atoms with Crippen LogP contribution in [0.4, 0.5) is 0 Å². The molecule has 2 heteroatoms. The molecule has 1 heterocycles. The topological polar surface area (TPSA) is 24.1 Å². The third-order valence-corrected chi connectivity index (χ3v) is 1.64. The van der Waals surface area contributed by atoms with Crippen LogP contribution in [0.1, 0.15) is 20.8 Å². The Kier molecular flexibility index (Phi) is 7.02. The molecule has 0 aromatic rings. The van der Waals surface area contributed by atoms with E-state index in [0.29, 0.717) is 0 Å². The molecule has 1 rings (SSSR count). The molecule has 0 atom stereocenters. The highest BCUT2D eigenvalue weighted by molar-refractivity contribution is 5.33. The van der Waals surface area contributed by atoms with Crippen molar-refractivity contribution >= 4 is 0 Å². The zero-order valence-electron chi connectivity index (χ0n) is 8.85. The van der Waals surface area contributed by atoms with Gasteiger partial charge in [-0.25, -0.2) is 0 Å². The standard InChI is InChI=1S/C9H14N2.C2H6/c1-3-5-9-8(4-2)6-10-7-11-9;1-2/h3-5,10-11H,2,6-7H2,1H3;1-2H3/b5-3-;. The van der Waals surface area contributed by atoms with Gasteiger partial charge in [0.15, 0.2) is 0 Å². The van der Waals surface area contributed by atoms with E-state index in [4.69, 9.17) is 0 Å². The molecule has 0 saturated heterocycles. The van der Waals surface area contributed by atoms with E-state index in [1.165, 1.54) is 11.3 Å². The highest BCUT2D eigenvalue weighted by atomic mass is 15.1. The van der Waals surface area contributed by atoms with Crippen LogP contribution < -0.4 is 10.6 Å². The SMILES string of the molecule is C=CC1=C(/C=C\C)NCNC1.CC. The van der Waals surface area contributed by atoms with Gasteiger partial charge in [0, 0.05) is 12.2 Å². The molecular formula is C11H20N2. The van der Waals surface area contributed by atoms with Crippen molar-refractivity contribution in [1.82, 2.24) is 10.6 Å². The van der Waals surface area contributed by atoms with Gasteiger partial charge in [-0.15, -0.1) is 0 Å². The number of rotatable bonds is 2. The molecule has 0 aliphatic carbocycles. The summed E-state index contributed by atoms with van der Waals surface area (Å²) in [6.07, 6.45) is 5.98. The first-order chi connectivity index (χ1) is 6.38. The summed E-state index contributed by atoms with van der Waals surface area (Å²) >= 11 is 0. The molecule has 74 valence electrons. The smallest absolute Gasteiger partial charge is 0.0655 e. The van der Waals surface area contributed by atoms with E-state index in [1.54, 1.807) is 0 Å². The van der Waals surface area contributed by atoms with Crippen LogP contribution in [0.2, 0.25) is 0 Å². The van der Waals surface area contributed by atoms with Gasteiger partial charge in [0.05, 0.1) is 6.67 Å². The van der Waals surface area contributed by atoms with E-state index in [2.05, 4.69) is 23.3 Å². The molecule has 1 aliphatic heterocycles. The van der Waals surface area contributed by atoms with Crippen molar-refractivity contribution in [2.45, 2.75) is 20.8 Å². The Hall–Kier alpha value is -1.02. The second-order valence-corrected chi connectivity index (χ2v) is 2.42. The van der Waals surface area contributed by atoms with Gasteiger partial charge in [-0.2, -0.15) is 0 Å². The zero-order chi connectivity index (χ0) is 10.1. The first kappa shape index (κ1) is 12.0. The van der Waals surface area contributed by atoms with Crippen LogP contribution in [0.25, 0.3) is 0 Å². The van der Waals surface area contributed by atoms with Crippen LogP contribution in [0, 0.1) is 0 Å². The normalized spacial score (nSPS) is 16.2. The van der Waals surface area contributed by atoms with Crippen LogP contribution in [0.3, 0.4) is 0 Å². The molecular weight excluding hydrogens is 160 g/mol. The second kappa shape index (κ2) is 7.62. The Bertz CT molecular complexity index is 202. The van der Waals surface area contributed by atoms with E-state index in [0.717, 1.165) is 13.2 Å². The summed E-state index contributed by atoms with van der Waals surface area (Å²) in [4.78, 5) is 0. The van der Waals surface area contributed by atoms with Crippen molar-refractivity contribution in [3.05, 3.63) is 36.1 Å². The first-order valence-electron chi connectivity index (χ1n) is 4.81. The Morgan fingerprint density at radius 1 is 1.38 bits per heavy atom. The van der Waals surface area contributed by atoms with Crippen LogP contribution in [0.5, 0.6) is 0 Å². The van der Waals surface area contributed by atoms with Gasteiger partial charge in [0.2, 0.25) is 0 Å². The van der Waals surface area contributed by atoms with Gasteiger partial charge >= 0.3 is 0 Å². The number of hydrogen-bond donors (Lipinski definition) is 2. The first-order valence-corrected chi connectivity index (χ1v) is 4.81. The maximum absolute atomic E-state index is 3.75. The average molecular weight is 180 g/mol. The van der Waals surface area contributed by atoms with Crippen LogP contribution in [0.15, 0.2) is 36.1 Å². The number of hydrogen-bond acceptors (Lipinski definition) is 2. The van der Waals surface area contributed by atoms with Crippen molar-refractivity contribution in [2.24, 2.45) is 0 Å². The van der Waals surface area contributed by atoms with Crippen molar-refractivity contribution in [3.8, 4) is 0 Å². The maximum atomic E-state index is 3.75. The lowest BCUT2D eigenvalue weighted by Gasteiger charge is -2.18. The van der Waals surface area contributed by atoms with Crippen molar-refractivity contribution in [1.29, 1.82) is 0 Å². The molecule has 1 aliphatic rings. The molecule has 0 amide bonds. The predicted octanol–water partition coefficient (Wildman–Crippen LogP) is 2.18. The second-order valence-electron chi connectivity index (χ2n) is 2.42. The Morgan fingerprint density at radius 2 is 2.08 bits per heavy atom. The lowest BCUT2D eigenvalue weighted by Crippen LogP contribution is -2.35. The molecule has 0 bridgehead atoms. The highest BCUT2D eigenvalue weighted by Gasteiger charge is 2.04. The molecule has 2 N–H and O–H groups in total. The summed E-state index contributed by atoms with van der Waals surface area (Å²) in [6.45, 7) is 11.5. The van der Waals surface area contributed by atoms with Gasteiger partial charge in [0.25, 0.3) is 0 Å². The van der Waals surface area contributed by atoms with Crippen molar-refractivity contribution in [2.75, 3.05) is 13.2 Å². The third kappa shape index (κ3) is 3.95. The minimum absolute atomic E-state index is 0.844.